The number of ether oxygens (including phenoxy) is 1. The van der Waals surface area contributed by atoms with Gasteiger partial charge in [-0.3, -0.25) is 4.79 Å². The number of esters is 1. The minimum absolute atomic E-state index is 0.00345. The van der Waals surface area contributed by atoms with Gasteiger partial charge in [-0.15, -0.1) is 0 Å². The van der Waals surface area contributed by atoms with E-state index in [1.54, 1.807) is 19.9 Å². The van der Waals surface area contributed by atoms with Gasteiger partial charge < -0.3 is 19.5 Å². The Balaban J connectivity index is 1.61. The molecule has 2 atom stereocenters. The van der Waals surface area contributed by atoms with E-state index in [1.165, 1.54) is 10.6 Å². The largest absolute Gasteiger partial charge is 0.458 e. The number of aliphatic hydroxyl groups excluding tert-OH is 1. The Morgan fingerprint density at radius 2 is 2.03 bits per heavy atom. The molecule has 0 unspecified atom stereocenters. The van der Waals surface area contributed by atoms with Crippen molar-refractivity contribution in [1.82, 2.24) is 14.3 Å². The Labute approximate surface area is 223 Å². The van der Waals surface area contributed by atoms with Gasteiger partial charge in [-0.1, -0.05) is 6.92 Å². The van der Waals surface area contributed by atoms with Crippen molar-refractivity contribution in [2.24, 2.45) is 0 Å². The molecule has 3 N–H and O–H groups in total. The Morgan fingerprint density at radius 1 is 1.26 bits per heavy atom. The van der Waals surface area contributed by atoms with Gasteiger partial charge in [-0.2, -0.15) is 0 Å². The third kappa shape index (κ3) is 3.76. The van der Waals surface area contributed by atoms with Crippen LogP contribution in [0.15, 0.2) is 16.9 Å². The molecule has 4 heterocycles. The second-order valence-corrected chi connectivity index (χ2v) is 12.3. The summed E-state index contributed by atoms with van der Waals surface area (Å²) in [5.41, 5.74) is 1.50. The number of hydrogen-bond acceptors (Lipinski definition) is 8. The quantitative estimate of drug-likeness (QED) is 0.304. The molecule has 0 saturated heterocycles. The first-order valence-electron chi connectivity index (χ1n) is 12.9. The molecule has 0 spiro atoms. The molecule has 2 aliphatic heterocycles. The number of rotatable bonds is 6. The van der Waals surface area contributed by atoms with Crippen LogP contribution in [0, 0.1) is 12.7 Å². The van der Waals surface area contributed by atoms with Crippen molar-refractivity contribution in [3.63, 3.8) is 0 Å². The normalized spacial score (nSPS) is 21.5. The fourth-order valence-electron chi connectivity index (χ4n) is 6.20. The smallest absolute Gasteiger partial charge is 0.343 e. The van der Waals surface area contributed by atoms with Gasteiger partial charge in [-0.25, -0.2) is 27.3 Å². The Kier molecular flexibility index (Phi) is 5.96. The van der Waals surface area contributed by atoms with Crippen molar-refractivity contribution >= 4 is 26.9 Å². The molecule has 0 amide bonds. The highest BCUT2D eigenvalue weighted by Gasteiger charge is 2.46. The lowest BCUT2D eigenvalue weighted by Gasteiger charge is -2.31. The molecule has 0 saturated carbocycles. The number of cyclic esters (lactones) is 1. The first kappa shape index (κ1) is 26.1. The summed E-state index contributed by atoms with van der Waals surface area (Å²) in [6, 6.07) is 2.24. The summed E-state index contributed by atoms with van der Waals surface area (Å²) in [5.74, 6) is -1.51. The number of nitrogens with zero attached hydrogens (tertiary/aromatic N) is 2. The summed E-state index contributed by atoms with van der Waals surface area (Å²) in [4.78, 5) is 30.9. The molecular formula is C27H28FN3O7S. The summed E-state index contributed by atoms with van der Waals surface area (Å²) in [5, 5.41) is 21.0. The molecule has 39 heavy (non-hydrogen) atoms. The van der Waals surface area contributed by atoms with Crippen LogP contribution in [0.1, 0.15) is 65.6 Å². The maximum atomic E-state index is 15.0. The molecule has 0 radical (unpaired) electrons. The number of nitrogens with one attached hydrogen (secondary N) is 1. The van der Waals surface area contributed by atoms with Crippen LogP contribution in [0.4, 0.5) is 4.39 Å². The van der Waals surface area contributed by atoms with Crippen molar-refractivity contribution in [1.29, 1.82) is 0 Å². The highest BCUT2D eigenvalue weighted by molar-refractivity contribution is 7.89. The number of halogens is 1. The second-order valence-electron chi connectivity index (χ2n) is 10.4. The van der Waals surface area contributed by atoms with Gasteiger partial charge in [-0.05, 0) is 55.4 Å². The van der Waals surface area contributed by atoms with E-state index in [1.807, 2.05) is 0 Å². The van der Waals surface area contributed by atoms with Crippen molar-refractivity contribution in [2.45, 2.75) is 64.3 Å². The van der Waals surface area contributed by atoms with Crippen LogP contribution in [-0.4, -0.2) is 46.5 Å². The summed E-state index contributed by atoms with van der Waals surface area (Å²) in [7, 11) is -3.75. The molecule has 3 aliphatic rings. The van der Waals surface area contributed by atoms with Gasteiger partial charge >= 0.3 is 5.97 Å². The average Bonchev–Trinajstić information content (AvgIpc) is 3.27. The molecule has 1 aliphatic carbocycles. The predicted molar refractivity (Wildman–Crippen MR) is 139 cm³/mol. The number of sulfonamides is 1. The van der Waals surface area contributed by atoms with Crippen LogP contribution < -0.4 is 10.3 Å². The number of benzene rings is 1. The van der Waals surface area contributed by atoms with E-state index in [4.69, 9.17) is 14.8 Å². The van der Waals surface area contributed by atoms with Crippen LogP contribution in [-0.2, 0) is 44.7 Å². The standard InChI is InChI=1S/C27H28FN3O7S/c1-3-27(35)17-9-21-24-15(11-31(21)25(33)16(17)12-38-26(27)34)23-19(30-39(36,37)8-4-7-32)6-5-14-13(2)18(28)10-20(29-24)22(14)23/h9-10,19,30,32,35H,3-8,11-12H2,1-2H3/t19-,27-/m0/s1. The molecule has 2 aromatic heterocycles. The van der Waals surface area contributed by atoms with Gasteiger partial charge in [0.05, 0.1) is 34.8 Å². The van der Waals surface area contributed by atoms with Gasteiger partial charge in [0.15, 0.2) is 5.60 Å². The number of carbonyl (C=O) groups is 1. The number of aromatic nitrogens is 2. The van der Waals surface area contributed by atoms with E-state index in [0.29, 0.717) is 51.8 Å². The summed E-state index contributed by atoms with van der Waals surface area (Å²) in [6.07, 6.45) is 0.892. The number of pyridine rings is 2. The van der Waals surface area contributed by atoms with E-state index in [0.717, 1.165) is 5.56 Å². The zero-order chi connectivity index (χ0) is 27.9. The van der Waals surface area contributed by atoms with Crippen LogP contribution in [0.5, 0.6) is 0 Å². The van der Waals surface area contributed by atoms with Gasteiger partial charge in [0.25, 0.3) is 5.56 Å². The number of aliphatic hydroxyl groups is 2. The molecule has 206 valence electrons. The highest BCUT2D eigenvalue weighted by atomic mass is 32.2. The number of aryl methyl sites for hydroxylation is 1. The van der Waals surface area contributed by atoms with Crippen LogP contribution in [0.3, 0.4) is 0 Å². The van der Waals surface area contributed by atoms with Crippen LogP contribution in [0.25, 0.3) is 22.3 Å². The number of fused-ring (bicyclic) bond motifs is 5. The van der Waals surface area contributed by atoms with Crippen molar-refractivity contribution in [3.8, 4) is 11.4 Å². The Hall–Kier alpha value is -3.19. The summed E-state index contributed by atoms with van der Waals surface area (Å²) < 4.78 is 50.1. The minimum atomic E-state index is -3.75. The van der Waals surface area contributed by atoms with Crippen molar-refractivity contribution in [3.05, 3.63) is 61.7 Å². The van der Waals surface area contributed by atoms with E-state index in [2.05, 4.69) is 4.72 Å². The van der Waals surface area contributed by atoms with E-state index < -0.39 is 39.0 Å². The fourth-order valence-corrected chi connectivity index (χ4v) is 7.50. The van der Waals surface area contributed by atoms with Gasteiger partial charge in [0.1, 0.15) is 12.4 Å². The predicted octanol–water partition coefficient (Wildman–Crippen LogP) is 1.82. The minimum Gasteiger partial charge on any atom is -0.458 e. The lowest BCUT2D eigenvalue weighted by molar-refractivity contribution is -0.172. The third-order valence-corrected chi connectivity index (χ3v) is 9.74. The molecular weight excluding hydrogens is 529 g/mol. The van der Waals surface area contributed by atoms with E-state index in [-0.39, 0.29) is 49.5 Å². The second kappa shape index (κ2) is 8.91. The highest BCUT2D eigenvalue weighted by Crippen LogP contribution is 2.46. The van der Waals surface area contributed by atoms with Crippen molar-refractivity contribution in [2.75, 3.05) is 12.4 Å². The maximum Gasteiger partial charge on any atom is 0.343 e. The zero-order valence-corrected chi connectivity index (χ0v) is 22.3. The summed E-state index contributed by atoms with van der Waals surface area (Å²) >= 11 is 0. The van der Waals surface area contributed by atoms with Gasteiger partial charge in [0, 0.05) is 35.2 Å². The van der Waals surface area contributed by atoms with Crippen LogP contribution in [0.2, 0.25) is 0 Å². The third-order valence-electron chi connectivity index (χ3n) is 8.27. The van der Waals surface area contributed by atoms with Crippen molar-refractivity contribution < 1.29 is 32.6 Å². The monoisotopic (exact) mass is 557 g/mol. The first-order valence-corrected chi connectivity index (χ1v) is 14.6. The van der Waals surface area contributed by atoms with Crippen LogP contribution >= 0.6 is 0 Å². The SMILES string of the molecule is CC[C@@]1(O)C(=O)OCc2c1cc1n(c2=O)Cc2c-1nc1cc(F)c(C)c3c1c2[C@@H](NS(=O)(=O)CCCO)CC3. The van der Waals surface area contributed by atoms with Gasteiger partial charge in [0.2, 0.25) is 10.0 Å². The first-order chi connectivity index (χ1) is 18.5. The van der Waals surface area contributed by atoms with E-state index in [9.17, 15) is 27.5 Å². The number of hydrogen-bond donors (Lipinski definition) is 3. The Morgan fingerprint density at radius 3 is 2.74 bits per heavy atom. The molecule has 10 nitrogen and oxygen atoms in total. The molecule has 6 rings (SSSR count). The molecule has 0 fully saturated rings. The molecule has 0 bridgehead atoms. The topological polar surface area (TPSA) is 148 Å². The molecule has 12 heteroatoms. The lowest BCUT2D eigenvalue weighted by atomic mass is 9.82. The lowest BCUT2D eigenvalue weighted by Crippen LogP contribution is -2.44. The number of carbonyl (C=O) groups excluding carboxylic acids is 1. The molecule has 1 aromatic carbocycles. The summed E-state index contributed by atoms with van der Waals surface area (Å²) in [6.45, 7) is 2.86. The Bertz CT molecular complexity index is 1750. The maximum absolute atomic E-state index is 15.0. The van der Waals surface area contributed by atoms with E-state index >= 15 is 0 Å². The fraction of sp³-hybridized carbons (Fsp3) is 0.444. The molecule has 3 aromatic rings. The zero-order valence-electron chi connectivity index (χ0n) is 21.5. The average molecular weight is 558 g/mol.